The van der Waals surface area contributed by atoms with Crippen LogP contribution in [0.5, 0.6) is 0 Å². The van der Waals surface area contributed by atoms with Crippen LogP contribution in [-0.2, 0) is 28.5 Å². The molecule has 0 saturated heterocycles. The van der Waals surface area contributed by atoms with Gasteiger partial charge in [-0.25, -0.2) is 0 Å². The molecule has 0 aliphatic rings. The number of carbonyl (C=O) groups excluding carboxylic acids is 2. The van der Waals surface area contributed by atoms with E-state index < -0.39 is 0 Å². The van der Waals surface area contributed by atoms with Crippen molar-refractivity contribution < 1.29 is 28.5 Å². The number of ether oxygens (including phenoxy) is 4. The van der Waals surface area contributed by atoms with Gasteiger partial charge in [-0.3, -0.25) is 4.79 Å². The van der Waals surface area contributed by atoms with Crippen molar-refractivity contribution in [2.24, 2.45) is 5.92 Å². The van der Waals surface area contributed by atoms with Crippen LogP contribution in [0, 0.1) is 5.92 Å². The summed E-state index contributed by atoms with van der Waals surface area (Å²) in [5.41, 5.74) is 0. The van der Waals surface area contributed by atoms with Crippen molar-refractivity contribution in [3.8, 4) is 0 Å². The van der Waals surface area contributed by atoms with E-state index >= 15 is 0 Å². The first-order valence-corrected chi connectivity index (χ1v) is 10.5. The molecule has 0 rings (SSSR count). The van der Waals surface area contributed by atoms with E-state index in [9.17, 15) is 9.59 Å². The summed E-state index contributed by atoms with van der Waals surface area (Å²) in [5, 5.41) is 2.94. The van der Waals surface area contributed by atoms with Crippen molar-refractivity contribution in [3.63, 3.8) is 0 Å². The average Bonchev–Trinajstić information content (AvgIpc) is 2.70. The zero-order valence-corrected chi connectivity index (χ0v) is 18.9. The van der Waals surface area contributed by atoms with Crippen LogP contribution in [0.1, 0.15) is 34.1 Å². The topological polar surface area (TPSA) is 86.3 Å². The number of carbonyl (C=O) groups is 2. The Balaban J connectivity index is 3.40. The van der Waals surface area contributed by atoms with E-state index in [1.165, 1.54) is 17.1 Å². The van der Waals surface area contributed by atoms with Gasteiger partial charge in [-0.1, -0.05) is 13.8 Å². The number of hydrogen-bond donors (Lipinski definition) is 1. The first-order valence-electron chi connectivity index (χ1n) is 10.5. The first kappa shape index (κ1) is 28.5. The van der Waals surface area contributed by atoms with E-state index in [0.29, 0.717) is 71.7 Å². The Kier molecular flexibility index (Phi) is 18.4. The predicted molar refractivity (Wildman–Crippen MR) is 119 cm³/mol. The SMILES string of the molecule is [B]=CN(CCOCCOCCOCCOCCC(=O)NC(C)C(C)C)C(=O)/C=C\C. The zero-order valence-electron chi connectivity index (χ0n) is 18.9. The summed E-state index contributed by atoms with van der Waals surface area (Å²) in [6.45, 7) is 11.7. The Bertz CT molecular complexity index is 502. The maximum atomic E-state index is 11.7. The Labute approximate surface area is 182 Å². The van der Waals surface area contributed by atoms with Gasteiger partial charge in [-0.05, 0) is 12.8 Å². The van der Waals surface area contributed by atoms with Gasteiger partial charge in [0.15, 0.2) is 0 Å². The normalized spacial score (nSPS) is 12.3. The molecular formula is C21H38BN2O6. The molecule has 1 N–H and O–H groups in total. The van der Waals surface area contributed by atoms with E-state index in [0.717, 1.165) is 0 Å². The molecule has 30 heavy (non-hydrogen) atoms. The molecule has 0 aliphatic carbocycles. The fourth-order valence-corrected chi connectivity index (χ4v) is 2.08. The summed E-state index contributed by atoms with van der Waals surface area (Å²) in [5.74, 6) is 0.243. The fourth-order valence-electron chi connectivity index (χ4n) is 2.08. The molecule has 0 fully saturated rings. The quantitative estimate of drug-likeness (QED) is 0.188. The number of nitrogens with zero attached hydrogens (tertiary/aromatic N) is 1. The molecule has 0 aromatic carbocycles. The van der Waals surface area contributed by atoms with Gasteiger partial charge in [-0.15, -0.1) is 0 Å². The van der Waals surface area contributed by atoms with Gasteiger partial charge in [0.25, 0.3) is 0 Å². The first-order chi connectivity index (χ1) is 14.4. The van der Waals surface area contributed by atoms with Crippen LogP contribution < -0.4 is 5.32 Å². The third-order valence-electron chi connectivity index (χ3n) is 4.23. The molecule has 0 spiro atoms. The van der Waals surface area contributed by atoms with Crippen molar-refractivity contribution in [2.75, 3.05) is 59.4 Å². The molecule has 9 heteroatoms. The minimum absolute atomic E-state index is 0.00556. The average molecular weight is 425 g/mol. The van der Waals surface area contributed by atoms with E-state index in [1.807, 2.05) is 6.92 Å². The van der Waals surface area contributed by atoms with Crippen molar-refractivity contribution in [2.45, 2.75) is 40.2 Å². The molecule has 0 aliphatic heterocycles. The molecule has 8 nitrogen and oxygen atoms in total. The molecule has 1 atom stereocenters. The summed E-state index contributed by atoms with van der Waals surface area (Å²) in [6, 6.07) is 0.165. The molecule has 0 aromatic rings. The van der Waals surface area contributed by atoms with E-state index in [-0.39, 0.29) is 17.9 Å². The molecule has 0 heterocycles. The zero-order chi connectivity index (χ0) is 22.6. The molecule has 0 saturated carbocycles. The Hall–Kier alpha value is -1.55. The van der Waals surface area contributed by atoms with E-state index in [4.69, 9.17) is 26.4 Å². The molecule has 171 valence electrons. The molecule has 0 bridgehead atoms. The molecule has 1 radical (unpaired) electrons. The van der Waals surface area contributed by atoms with E-state index in [2.05, 4.69) is 19.2 Å². The number of rotatable bonds is 19. The second kappa shape index (κ2) is 19.4. The van der Waals surface area contributed by atoms with Crippen LogP contribution in [0.3, 0.4) is 0 Å². The summed E-state index contributed by atoms with van der Waals surface area (Å²) < 4.78 is 21.6. The standard InChI is InChI=1S/C21H38BN2O6/c1-5-6-21(26)24(17-22)8-10-28-12-14-30-16-15-29-13-11-27-9-7-20(25)23-19(4)18(2)3/h5-6,17-19H,7-16H2,1-4H3,(H,23,25)/b6-5-. The number of hydrogen-bond acceptors (Lipinski definition) is 6. The van der Waals surface area contributed by atoms with Crippen LogP contribution in [0.25, 0.3) is 0 Å². The van der Waals surface area contributed by atoms with Crippen molar-refractivity contribution in [3.05, 3.63) is 12.2 Å². The van der Waals surface area contributed by atoms with Crippen molar-refractivity contribution >= 4 is 25.4 Å². The van der Waals surface area contributed by atoms with Gasteiger partial charge in [0, 0.05) is 12.5 Å². The molecular weight excluding hydrogens is 387 g/mol. The molecule has 1 unspecified atom stereocenters. The van der Waals surface area contributed by atoms with Crippen LogP contribution >= 0.6 is 0 Å². The second-order valence-electron chi connectivity index (χ2n) is 6.98. The van der Waals surface area contributed by atoms with E-state index in [1.54, 1.807) is 13.0 Å². The summed E-state index contributed by atoms with van der Waals surface area (Å²) >= 11 is 0. The van der Waals surface area contributed by atoms with Crippen LogP contribution in [0.2, 0.25) is 0 Å². The summed E-state index contributed by atoms with van der Waals surface area (Å²) in [4.78, 5) is 24.7. The second-order valence-corrected chi connectivity index (χ2v) is 6.98. The maximum absolute atomic E-state index is 11.7. The fraction of sp³-hybridized carbons (Fsp3) is 0.762. The van der Waals surface area contributed by atoms with Crippen molar-refractivity contribution in [1.29, 1.82) is 0 Å². The van der Waals surface area contributed by atoms with Gasteiger partial charge >= 0.3 is 109 Å². The molecule has 2 amide bonds. The van der Waals surface area contributed by atoms with Crippen molar-refractivity contribution in [1.82, 2.24) is 10.2 Å². The third-order valence-corrected chi connectivity index (χ3v) is 4.23. The summed E-state index contributed by atoms with van der Waals surface area (Å²) in [6.07, 6.45) is 4.70. The number of allylic oxidation sites excluding steroid dienone is 1. The monoisotopic (exact) mass is 425 g/mol. The van der Waals surface area contributed by atoms with Gasteiger partial charge in [0.2, 0.25) is 5.91 Å². The predicted octanol–water partition coefficient (Wildman–Crippen LogP) is 0.937. The van der Waals surface area contributed by atoms with Crippen LogP contribution in [0.15, 0.2) is 12.2 Å². The Morgan fingerprint density at radius 1 is 0.900 bits per heavy atom. The summed E-state index contributed by atoms with van der Waals surface area (Å²) in [7, 11) is 5.42. The van der Waals surface area contributed by atoms with Gasteiger partial charge in [-0.2, -0.15) is 0 Å². The Morgan fingerprint density at radius 3 is 1.87 bits per heavy atom. The third kappa shape index (κ3) is 16.3. The van der Waals surface area contributed by atoms with Gasteiger partial charge in [0.1, 0.15) is 0 Å². The van der Waals surface area contributed by atoms with Gasteiger partial charge < -0.3 is 10.1 Å². The Morgan fingerprint density at radius 2 is 1.40 bits per heavy atom. The van der Waals surface area contributed by atoms with Crippen LogP contribution in [0.4, 0.5) is 0 Å². The van der Waals surface area contributed by atoms with Crippen LogP contribution in [-0.4, -0.2) is 95.7 Å². The number of nitrogens with one attached hydrogen (secondary N) is 1. The minimum atomic E-state index is -0.176. The molecule has 0 aromatic heterocycles. The van der Waals surface area contributed by atoms with Gasteiger partial charge in [0.05, 0.1) is 13.2 Å². The number of amides is 2.